The third kappa shape index (κ3) is 4.91. The highest BCUT2D eigenvalue weighted by Crippen LogP contribution is 2.13. The molecule has 1 rings (SSSR count). The molecule has 0 amide bonds. The second-order valence-corrected chi connectivity index (χ2v) is 5.69. The Morgan fingerprint density at radius 1 is 1.35 bits per heavy atom. The summed E-state index contributed by atoms with van der Waals surface area (Å²) in [7, 11) is -3.84. The summed E-state index contributed by atoms with van der Waals surface area (Å²) in [4.78, 5) is 20.1. The van der Waals surface area contributed by atoms with E-state index in [2.05, 4.69) is 0 Å². The summed E-state index contributed by atoms with van der Waals surface area (Å²) in [6, 6.07) is 4.89. The number of carbonyl (C=O) groups is 1. The van der Waals surface area contributed by atoms with E-state index in [9.17, 15) is 23.3 Å². The van der Waals surface area contributed by atoms with Gasteiger partial charge in [0.05, 0.1) is 10.7 Å². The van der Waals surface area contributed by atoms with Crippen LogP contribution in [0.25, 0.3) is 0 Å². The molecule has 0 aromatic heterocycles. The zero-order valence-electron chi connectivity index (χ0n) is 10.1. The summed E-state index contributed by atoms with van der Waals surface area (Å²) >= 11 is 0. The number of nitro benzene ring substituents is 1. The Labute approximate surface area is 114 Å². The van der Waals surface area contributed by atoms with Gasteiger partial charge in [0.1, 0.15) is 0 Å². The molecule has 0 aliphatic heterocycles. The van der Waals surface area contributed by atoms with Crippen molar-refractivity contribution < 1.29 is 28.3 Å². The third-order valence-corrected chi connectivity index (χ3v) is 3.61. The number of hydrogen-bond donors (Lipinski definition) is 3. The number of aliphatic hydroxyl groups is 1. The maximum atomic E-state index is 11.6. The Morgan fingerprint density at radius 2 is 1.90 bits per heavy atom. The quantitative estimate of drug-likeness (QED) is 0.452. The molecule has 10 heteroatoms. The molecule has 1 aromatic rings. The molecule has 0 radical (unpaired) electrons. The zero-order valence-corrected chi connectivity index (χ0v) is 10.9. The first-order chi connectivity index (χ1) is 9.21. The van der Waals surface area contributed by atoms with Gasteiger partial charge < -0.3 is 10.2 Å². The molecule has 0 saturated carbocycles. The van der Waals surface area contributed by atoms with Gasteiger partial charge in [-0.3, -0.25) is 10.1 Å². The minimum Gasteiger partial charge on any atom is -0.479 e. The summed E-state index contributed by atoms with van der Waals surface area (Å²) in [5.74, 6) is -2.01. The number of rotatable bonds is 7. The number of non-ortho nitro benzene ring substituents is 1. The number of sulfonamides is 1. The smallest absolute Gasteiger partial charge is 0.333 e. The summed E-state index contributed by atoms with van der Waals surface area (Å²) in [5.41, 5.74) is 0.133. The average molecular weight is 304 g/mol. The van der Waals surface area contributed by atoms with E-state index in [-0.39, 0.29) is 5.69 Å². The van der Waals surface area contributed by atoms with Crippen molar-refractivity contribution in [2.45, 2.75) is 11.9 Å². The van der Waals surface area contributed by atoms with Gasteiger partial charge >= 0.3 is 5.97 Å². The van der Waals surface area contributed by atoms with Gasteiger partial charge in [0.15, 0.2) is 6.10 Å². The van der Waals surface area contributed by atoms with Crippen LogP contribution in [0, 0.1) is 10.1 Å². The van der Waals surface area contributed by atoms with Gasteiger partial charge in [0.25, 0.3) is 5.69 Å². The fourth-order valence-electron chi connectivity index (χ4n) is 1.28. The van der Waals surface area contributed by atoms with Crippen LogP contribution >= 0.6 is 0 Å². The van der Waals surface area contributed by atoms with Crippen molar-refractivity contribution in [3.05, 3.63) is 39.9 Å². The molecule has 0 saturated heterocycles. The minimum atomic E-state index is -3.84. The number of aliphatic hydroxyl groups excluding tert-OH is 1. The summed E-state index contributed by atoms with van der Waals surface area (Å²) < 4.78 is 25.1. The number of nitro groups is 1. The maximum Gasteiger partial charge on any atom is 0.333 e. The molecule has 3 N–H and O–H groups in total. The second kappa shape index (κ2) is 6.41. The van der Waals surface area contributed by atoms with E-state index in [0.29, 0.717) is 5.56 Å². The van der Waals surface area contributed by atoms with Crippen molar-refractivity contribution in [1.82, 2.24) is 4.72 Å². The van der Waals surface area contributed by atoms with E-state index < -0.39 is 39.3 Å². The molecule has 0 spiro atoms. The molecule has 0 unspecified atom stereocenters. The molecule has 0 aliphatic rings. The van der Waals surface area contributed by atoms with Crippen LogP contribution in [0.5, 0.6) is 0 Å². The van der Waals surface area contributed by atoms with Crippen molar-refractivity contribution in [2.24, 2.45) is 0 Å². The maximum absolute atomic E-state index is 11.6. The molecule has 20 heavy (non-hydrogen) atoms. The molecule has 0 fully saturated rings. The van der Waals surface area contributed by atoms with Gasteiger partial charge in [-0.05, 0) is 5.56 Å². The molecular weight excluding hydrogens is 292 g/mol. The summed E-state index contributed by atoms with van der Waals surface area (Å²) in [6.45, 7) is -0.648. The van der Waals surface area contributed by atoms with Crippen molar-refractivity contribution in [1.29, 1.82) is 0 Å². The van der Waals surface area contributed by atoms with Gasteiger partial charge in [-0.1, -0.05) is 12.1 Å². The molecular formula is C10H12N2O7S. The van der Waals surface area contributed by atoms with Crippen LogP contribution in [0.4, 0.5) is 5.69 Å². The molecule has 110 valence electrons. The van der Waals surface area contributed by atoms with Crippen molar-refractivity contribution in [3.8, 4) is 0 Å². The lowest BCUT2D eigenvalue weighted by atomic mass is 10.2. The fourth-order valence-corrected chi connectivity index (χ4v) is 2.42. The second-order valence-electron chi connectivity index (χ2n) is 3.89. The van der Waals surface area contributed by atoms with E-state index >= 15 is 0 Å². The van der Waals surface area contributed by atoms with Crippen LogP contribution < -0.4 is 4.72 Å². The van der Waals surface area contributed by atoms with E-state index in [1.54, 1.807) is 0 Å². The van der Waals surface area contributed by atoms with Crippen LogP contribution in [0.15, 0.2) is 24.3 Å². The largest absolute Gasteiger partial charge is 0.479 e. The van der Waals surface area contributed by atoms with Crippen LogP contribution in [0.3, 0.4) is 0 Å². The Kier molecular flexibility index (Phi) is 5.13. The van der Waals surface area contributed by atoms with E-state index in [0.717, 1.165) is 12.1 Å². The molecule has 0 bridgehead atoms. The number of carboxylic acid groups (broad SMARTS) is 1. The van der Waals surface area contributed by atoms with Crippen molar-refractivity contribution in [2.75, 3.05) is 6.54 Å². The predicted octanol–water partition coefficient (Wildman–Crippen LogP) is -0.540. The number of nitrogens with zero attached hydrogens (tertiary/aromatic N) is 1. The van der Waals surface area contributed by atoms with Gasteiger partial charge in [0.2, 0.25) is 10.0 Å². The zero-order chi connectivity index (χ0) is 15.3. The SMILES string of the molecule is O=C(O)[C@@H](O)CNS(=O)(=O)Cc1ccc([N+](=O)[O-])cc1. The Balaban J connectivity index is 2.66. The van der Waals surface area contributed by atoms with E-state index in [4.69, 9.17) is 10.2 Å². The highest BCUT2D eigenvalue weighted by atomic mass is 32.2. The van der Waals surface area contributed by atoms with E-state index in [1.807, 2.05) is 4.72 Å². The fraction of sp³-hybridized carbons (Fsp3) is 0.300. The summed E-state index contributed by atoms with van der Waals surface area (Å²) in [5, 5.41) is 27.8. The number of carboxylic acids is 1. The molecule has 1 atom stereocenters. The van der Waals surface area contributed by atoms with Gasteiger partial charge in [0, 0.05) is 18.7 Å². The van der Waals surface area contributed by atoms with Crippen molar-refractivity contribution in [3.63, 3.8) is 0 Å². The van der Waals surface area contributed by atoms with Gasteiger partial charge in [-0.2, -0.15) is 0 Å². The standard InChI is InChI=1S/C10H12N2O7S/c13-9(10(14)15)5-11-20(18,19)6-7-1-3-8(4-2-7)12(16)17/h1-4,9,11,13H,5-6H2,(H,14,15)/t9-/m0/s1. The first-order valence-corrected chi connectivity index (χ1v) is 6.98. The van der Waals surface area contributed by atoms with Crippen LogP contribution in [-0.2, 0) is 20.6 Å². The molecule has 0 heterocycles. The molecule has 9 nitrogen and oxygen atoms in total. The van der Waals surface area contributed by atoms with E-state index in [1.165, 1.54) is 12.1 Å². The Morgan fingerprint density at radius 3 is 2.35 bits per heavy atom. The predicted molar refractivity (Wildman–Crippen MR) is 67.4 cm³/mol. The van der Waals surface area contributed by atoms with Crippen LogP contribution in [-0.4, -0.2) is 42.2 Å². The highest BCUT2D eigenvalue weighted by Gasteiger charge is 2.18. The Bertz CT molecular complexity index is 597. The average Bonchev–Trinajstić information content (AvgIpc) is 2.36. The molecule has 1 aromatic carbocycles. The normalized spacial score (nSPS) is 12.8. The number of aliphatic carboxylic acids is 1. The third-order valence-electron chi connectivity index (χ3n) is 2.29. The minimum absolute atomic E-state index is 0.166. The first-order valence-electron chi connectivity index (χ1n) is 5.33. The summed E-state index contributed by atoms with van der Waals surface area (Å²) in [6.07, 6.45) is -1.83. The number of hydrogen-bond acceptors (Lipinski definition) is 6. The van der Waals surface area contributed by atoms with Gasteiger partial charge in [-0.25, -0.2) is 17.9 Å². The van der Waals surface area contributed by atoms with Gasteiger partial charge in [-0.15, -0.1) is 0 Å². The van der Waals surface area contributed by atoms with Crippen LogP contribution in [0.1, 0.15) is 5.56 Å². The monoisotopic (exact) mass is 304 g/mol. The lowest BCUT2D eigenvalue weighted by molar-refractivity contribution is -0.384. The lowest BCUT2D eigenvalue weighted by Crippen LogP contribution is -2.37. The number of nitrogens with one attached hydrogen (secondary N) is 1. The number of benzene rings is 1. The highest BCUT2D eigenvalue weighted by molar-refractivity contribution is 7.88. The first kappa shape index (κ1) is 16.0. The topological polar surface area (TPSA) is 147 Å². The lowest BCUT2D eigenvalue weighted by Gasteiger charge is -2.08. The Hall–Kier alpha value is -2.04. The van der Waals surface area contributed by atoms with Crippen LogP contribution in [0.2, 0.25) is 0 Å². The van der Waals surface area contributed by atoms with Crippen molar-refractivity contribution >= 4 is 21.7 Å². The molecule has 0 aliphatic carbocycles.